The fourth-order valence-electron chi connectivity index (χ4n) is 1.06. The minimum atomic E-state index is -0.274. The van der Waals surface area contributed by atoms with Crippen molar-refractivity contribution < 1.29 is 9.53 Å². The van der Waals surface area contributed by atoms with Gasteiger partial charge < -0.3 is 4.74 Å². The van der Waals surface area contributed by atoms with Crippen LogP contribution in [0.1, 0.15) is 27.2 Å². The van der Waals surface area contributed by atoms with Crippen molar-refractivity contribution in [3.05, 3.63) is 36.5 Å². The first-order valence-corrected chi connectivity index (χ1v) is 4.58. The Hall–Kier alpha value is -1.31. The van der Waals surface area contributed by atoms with Gasteiger partial charge >= 0.3 is 5.97 Å². The molecule has 0 aromatic heterocycles. The number of carbonyl (C=O) groups is 1. The molecule has 0 fully saturated rings. The summed E-state index contributed by atoms with van der Waals surface area (Å²) in [5.41, 5.74) is 1.99. The van der Waals surface area contributed by atoms with Gasteiger partial charge in [-0.15, -0.1) is 0 Å². The molecule has 2 heteroatoms. The van der Waals surface area contributed by atoms with Crippen LogP contribution in [-0.4, -0.2) is 12.1 Å². The third kappa shape index (κ3) is 6.23. The van der Waals surface area contributed by atoms with Gasteiger partial charge in [-0.05, 0) is 19.9 Å². The number of carbonyl (C=O) groups excluding carboxylic acids is 1. The maximum atomic E-state index is 10.8. The molecule has 0 aliphatic rings. The van der Waals surface area contributed by atoms with Crippen molar-refractivity contribution in [1.82, 2.24) is 0 Å². The number of hydrogen-bond donors (Lipinski definition) is 0. The molecule has 14 heavy (non-hydrogen) atoms. The van der Waals surface area contributed by atoms with Gasteiger partial charge in [-0.2, -0.15) is 0 Å². The van der Waals surface area contributed by atoms with Crippen LogP contribution in [0.25, 0.3) is 0 Å². The number of ether oxygens (including phenoxy) is 1. The van der Waals surface area contributed by atoms with Crippen molar-refractivity contribution >= 4 is 5.97 Å². The molecule has 0 aliphatic carbocycles. The highest BCUT2D eigenvalue weighted by atomic mass is 16.5. The molecule has 2 nitrogen and oxygen atoms in total. The van der Waals surface area contributed by atoms with E-state index in [-0.39, 0.29) is 12.1 Å². The van der Waals surface area contributed by atoms with Gasteiger partial charge in [0.15, 0.2) is 0 Å². The predicted octanol–water partition coefficient (Wildman–Crippen LogP) is 3.02. The second-order valence-electron chi connectivity index (χ2n) is 3.46. The van der Waals surface area contributed by atoms with Crippen molar-refractivity contribution in [1.29, 1.82) is 0 Å². The Morgan fingerprint density at radius 1 is 1.43 bits per heavy atom. The molecule has 0 saturated heterocycles. The standard InChI is InChI=1S/C12H18O2/c1-6-10(4)8-12(7-9(2)3)14-11(5)13/h6-7,12H,1,4,8H2,2-3,5H3. The van der Waals surface area contributed by atoms with Crippen LogP contribution in [0.15, 0.2) is 36.5 Å². The summed E-state index contributed by atoms with van der Waals surface area (Å²) in [6, 6.07) is 0. The first-order chi connectivity index (χ1) is 6.45. The van der Waals surface area contributed by atoms with Crippen LogP contribution in [0.3, 0.4) is 0 Å². The third-order valence-corrected chi connectivity index (χ3v) is 1.59. The highest BCUT2D eigenvalue weighted by Crippen LogP contribution is 2.11. The molecule has 0 spiro atoms. The number of hydrogen-bond acceptors (Lipinski definition) is 2. The second kappa shape index (κ2) is 6.19. The van der Waals surface area contributed by atoms with E-state index in [1.165, 1.54) is 6.92 Å². The average Bonchev–Trinajstić information content (AvgIpc) is 2.01. The fraction of sp³-hybridized carbons (Fsp3) is 0.417. The van der Waals surface area contributed by atoms with Crippen molar-refractivity contribution in [3.8, 4) is 0 Å². The van der Waals surface area contributed by atoms with Crippen LogP contribution in [0.5, 0.6) is 0 Å². The average molecular weight is 194 g/mol. The lowest BCUT2D eigenvalue weighted by Gasteiger charge is -2.13. The Bertz CT molecular complexity index is 257. The highest BCUT2D eigenvalue weighted by molar-refractivity contribution is 5.66. The van der Waals surface area contributed by atoms with E-state index in [0.717, 1.165) is 11.1 Å². The Balaban J connectivity index is 4.39. The monoisotopic (exact) mass is 194 g/mol. The van der Waals surface area contributed by atoms with Gasteiger partial charge in [0.05, 0.1) is 0 Å². The number of allylic oxidation sites excluding steroid dienone is 2. The molecule has 0 aromatic carbocycles. The third-order valence-electron chi connectivity index (χ3n) is 1.59. The van der Waals surface area contributed by atoms with Crippen LogP contribution in [0.2, 0.25) is 0 Å². The zero-order valence-electron chi connectivity index (χ0n) is 9.17. The molecule has 0 aliphatic heterocycles. The first-order valence-electron chi connectivity index (χ1n) is 4.58. The lowest BCUT2D eigenvalue weighted by Crippen LogP contribution is -2.14. The van der Waals surface area contributed by atoms with Crippen LogP contribution < -0.4 is 0 Å². The summed E-state index contributed by atoms with van der Waals surface area (Å²) in [4.78, 5) is 10.8. The molecule has 0 saturated carbocycles. The zero-order valence-corrected chi connectivity index (χ0v) is 9.17. The van der Waals surface area contributed by atoms with E-state index < -0.39 is 0 Å². The summed E-state index contributed by atoms with van der Waals surface area (Å²) in [6.45, 7) is 12.7. The molecule has 0 N–H and O–H groups in total. The van der Waals surface area contributed by atoms with Gasteiger partial charge in [-0.25, -0.2) is 0 Å². The molecule has 1 atom stereocenters. The summed E-state index contributed by atoms with van der Waals surface area (Å²) in [6.07, 6.45) is 3.97. The van der Waals surface area contributed by atoms with Crippen LogP contribution in [0.4, 0.5) is 0 Å². The minimum Gasteiger partial charge on any atom is -0.458 e. The molecule has 0 amide bonds. The van der Waals surface area contributed by atoms with E-state index in [0.29, 0.717) is 6.42 Å². The summed E-state index contributed by atoms with van der Waals surface area (Å²) in [5, 5.41) is 0. The molecular weight excluding hydrogens is 176 g/mol. The van der Waals surface area contributed by atoms with E-state index in [4.69, 9.17) is 4.74 Å². The van der Waals surface area contributed by atoms with E-state index in [9.17, 15) is 4.79 Å². The van der Waals surface area contributed by atoms with Crippen molar-refractivity contribution in [2.24, 2.45) is 0 Å². The summed E-state index contributed by atoms with van der Waals surface area (Å²) >= 11 is 0. The molecule has 0 heterocycles. The Morgan fingerprint density at radius 2 is 2.00 bits per heavy atom. The van der Waals surface area contributed by atoms with Gasteiger partial charge in [-0.3, -0.25) is 4.79 Å². The van der Waals surface area contributed by atoms with E-state index in [1.54, 1.807) is 6.08 Å². The van der Waals surface area contributed by atoms with Crippen LogP contribution in [-0.2, 0) is 9.53 Å². The van der Waals surface area contributed by atoms with Crippen LogP contribution in [0, 0.1) is 0 Å². The van der Waals surface area contributed by atoms with Gasteiger partial charge in [0.2, 0.25) is 0 Å². The summed E-state index contributed by atoms with van der Waals surface area (Å²) in [5.74, 6) is -0.274. The number of esters is 1. The topological polar surface area (TPSA) is 26.3 Å². The minimum absolute atomic E-state index is 0.219. The van der Waals surface area contributed by atoms with Gasteiger partial charge in [0, 0.05) is 13.3 Å². The van der Waals surface area contributed by atoms with E-state index in [1.807, 2.05) is 19.9 Å². The summed E-state index contributed by atoms with van der Waals surface area (Å²) in [7, 11) is 0. The largest absolute Gasteiger partial charge is 0.458 e. The van der Waals surface area contributed by atoms with Crippen molar-refractivity contribution in [3.63, 3.8) is 0 Å². The summed E-state index contributed by atoms with van der Waals surface area (Å²) < 4.78 is 5.11. The molecule has 1 unspecified atom stereocenters. The molecular formula is C12H18O2. The maximum Gasteiger partial charge on any atom is 0.303 e. The fourth-order valence-corrected chi connectivity index (χ4v) is 1.06. The van der Waals surface area contributed by atoms with Gasteiger partial charge in [0.1, 0.15) is 6.10 Å². The molecule has 0 radical (unpaired) electrons. The second-order valence-corrected chi connectivity index (χ2v) is 3.46. The maximum absolute atomic E-state index is 10.8. The highest BCUT2D eigenvalue weighted by Gasteiger charge is 2.09. The molecule has 0 bridgehead atoms. The predicted molar refractivity (Wildman–Crippen MR) is 58.9 cm³/mol. The molecule has 0 rings (SSSR count). The lowest BCUT2D eigenvalue weighted by molar-refractivity contribution is -0.144. The Labute approximate surface area is 86.0 Å². The smallest absolute Gasteiger partial charge is 0.303 e. The van der Waals surface area contributed by atoms with E-state index in [2.05, 4.69) is 13.2 Å². The molecule has 78 valence electrons. The number of rotatable bonds is 5. The zero-order chi connectivity index (χ0) is 11.1. The Kier molecular flexibility index (Phi) is 5.61. The first kappa shape index (κ1) is 12.7. The normalized spacial score (nSPS) is 11.4. The van der Waals surface area contributed by atoms with Gasteiger partial charge in [0.25, 0.3) is 0 Å². The SMILES string of the molecule is C=CC(=C)CC(C=C(C)C)OC(C)=O. The molecule has 0 aromatic rings. The lowest BCUT2D eigenvalue weighted by atomic mass is 10.1. The van der Waals surface area contributed by atoms with Crippen LogP contribution >= 0.6 is 0 Å². The van der Waals surface area contributed by atoms with Crippen molar-refractivity contribution in [2.75, 3.05) is 0 Å². The quantitative estimate of drug-likeness (QED) is 0.382. The van der Waals surface area contributed by atoms with Gasteiger partial charge in [-0.1, -0.05) is 30.4 Å². The Morgan fingerprint density at radius 3 is 2.36 bits per heavy atom. The van der Waals surface area contributed by atoms with Crippen molar-refractivity contribution in [2.45, 2.75) is 33.3 Å². The van der Waals surface area contributed by atoms with E-state index >= 15 is 0 Å².